The zero-order chi connectivity index (χ0) is 32.5. The molecule has 1 amide bonds. The van der Waals surface area contributed by atoms with Gasteiger partial charge in [-0.25, -0.2) is 14.6 Å². The number of carbonyl (C=O) groups excluding carboxylic acids is 3. The van der Waals surface area contributed by atoms with Gasteiger partial charge in [-0.1, -0.05) is 6.07 Å². The number of anilines is 2. The van der Waals surface area contributed by atoms with E-state index in [2.05, 4.69) is 25.3 Å². The number of nitrogens with one attached hydrogen (secondary N) is 3. The van der Waals surface area contributed by atoms with Crippen molar-refractivity contribution in [2.24, 2.45) is 0 Å². The quantitative estimate of drug-likeness (QED) is 0.134. The zero-order valence-corrected chi connectivity index (χ0v) is 24.7. The first kappa shape index (κ1) is 32.2. The SMILES string of the molecule is CCOC(=O)CC[C@H](NC(=O)c1ccc(N(Cc2ccc3nc(N)nc(O)c3c2)Cc2c[nH]c(=O)[nH]c2=O)cc1)C(=O)OCC. The number of aromatic hydroxyl groups is 1. The molecule has 0 radical (unpaired) electrons. The minimum atomic E-state index is -1.06. The summed E-state index contributed by atoms with van der Waals surface area (Å²) >= 11 is 0. The lowest BCUT2D eigenvalue weighted by Gasteiger charge is -2.25. The molecule has 4 rings (SSSR count). The molecule has 15 nitrogen and oxygen atoms in total. The summed E-state index contributed by atoms with van der Waals surface area (Å²) in [4.78, 5) is 75.9. The van der Waals surface area contributed by atoms with E-state index < -0.39 is 35.1 Å². The number of rotatable bonds is 13. The lowest BCUT2D eigenvalue weighted by molar-refractivity contribution is -0.146. The summed E-state index contributed by atoms with van der Waals surface area (Å²) in [5.41, 5.74) is 6.73. The van der Waals surface area contributed by atoms with E-state index in [1.807, 2.05) is 4.90 Å². The lowest BCUT2D eigenvalue weighted by Crippen LogP contribution is -2.42. The van der Waals surface area contributed by atoms with E-state index in [0.29, 0.717) is 16.6 Å². The van der Waals surface area contributed by atoms with Gasteiger partial charge in [-0.05, 0) is 62.2 Å². The predicted octanol–water partition coefficient (Wildman–Crippen LogP) is 1.51. The first-order chi connectivity index (χ1) is 21.6. The highest BCUT2D eigenvalue weighted by Gasteiger charge is 2.24. The molecule has 0 bridgehead atoms. The number of nitrogen functional groups attached to an aromatic ring is 1. The summed E-state index contributed by atoms with van der Waals surface area (Å²) in [5.74, 6) is -2.06. The topological polar surface area (TPSA) is 223 Å². The number of hydrogen-bond donors (Lipinski definition) is 5. The molecule has 0 aliphatic rings. The first-order valence-electron chi connectivity index (χ1n) is 14.1. The number of esters is 2. The normalized spacial score (nSPS) is 11.5. The minimum absolute atomic E-state index is 0.00191. The molecule has 0 aliphatic heterocycles. The van der Waals surface area contributed by atoms with E-state index in [0.717, 1.165) is 5.56 Å². The van der Waals surface area contributed by atoms with E-state index in [1.54, 1.807) is 56.3 Å². The molecule has 2 aromatic carbocycles. The smallest absolute Gasteiger partial charge is 0.328 e. The van der Waals surface area contributed by atoms with Crippen molar-refractivity contribution >= 4 is 40.4 Å². The van der Waals surface area contributed by atoms with E-state index in [1.165, 1.54) is 6.20 Å². The Morgan fingerprint density at radius 2 is 1.76 bits per heavy atom. The number of nitrogens with two attached hydrogens (primary N) is 1. The van der Waals surface area contributed by atoms with Gasteiger partial charge in [0.05, 0.1) is 36.2 Å². The number of fused-ring (bicyclic) bond motifs is 1. The van der Waals surface area contributed by atoms with Gasteiger partial charge in [-0.2, -0.15) is 4.98 Å². The number of aromatic nitrogens is 4. The minimum Gasteiger partial charge on any atom is -0.493 e. The standard InChI is InChI=1S/C30H33N7O8/c1-3-44-24(38)12-11-23(28(42)45-4-2)33-25(39)18-6-8-20(9-7-18)37(16-19-14-32-30(43)36-26(19)40)15-17-5-10-22-21(13-17)27(41)35-29(31)34-22/h5-10,13-14,23H,3-4,11-12,15-16H2,1-2H3,(H,33,39)(H3,31,34,35,41)(H2,32,36,40,43)/t23-/m0/s1. The van der Waals surface area contributed by atoms with Crippen molar-refractivity contribution in [1.29, 1.82) is 0 Å². The Hall–Kier alpha value is -5.73. The monoisotopic (exact) mass is 619 g/mol. The molecule has 2 aromatic heterocycles. The molecule has 4 aromatic rings. The van der Waals surface area contributed by atoms with E-state index in [4.69, 9.17) is 15.2 Å². The molecule has 0 spiro atoms. The summed E-state index contributed by atoms with van der Waals surface area (Å²) < 4.78 is 9.98. The van der Waals surface area contributed by atoms with Crippen molar-refractivity contribution in [3.63, 3.8) is 0 Å². The summed E-state index contributed by atoms with van der Waals surface area (Å²) in [6, 6.07) is 10.5. The van der Waals surface area contributed by atoms with Crippen molar-refractivity contribution in [1.82, 2.24) is 25.3 Å². The highest BCUT2D eigenvalue weighted by Crippen LogP contribution is 2.26. The van der Waals surface area contributed by atoms with Crippen LogP contribution in [-0.2, 0) is 32.2 Å². The van der Waals surface area contributed by atoms with Crippen LogP contribution in [0.3, 0.4) is 0 Å². The maximum absolute atomic E-state index is 13.1. The van der Waals surface area contributed by atoms with Crippen molar-refractivity contribution in [3.05, 3.63) is 86.2 Å². The van der Waals surface area contributed by atoms with Crippen LogP contribution in [0.25, 0.3) is 10.9 Å². The van der Waals surface area contributed by atoms with Gasteiger partial charge in [0, 0.05) is 30.4 Å². The molecular weight excluding hydrogens is 586 g/mol. The van der Waals surface area contributed by atoms with Gasteiger partial charge in [-0.3, -0.25) is 19.4 Å². The summed E-state index contributed by atoms with van der Waals surface area (Å²) in [6.07, 6.45) is 1.24. The third-order valence-corrected chi connectivity index (χ3v) is 6.70. The fourth-order valence-corrected chi connectivity index (χ4v) is 4.55. The largest absolute Gasteiger partial charge is 0.493 e. The number of ether oxygens (including phenoxy) is 2. The van der Waals surface area contributed by atoms with Crippen LogP contribution in [0.1, 0.15) is 48.2 Å². The van der Waals surface area contributed by atoms with Gasteiger partial charge in [-0.15, -0.1) is 0 Å². The Morgan fingerprint density at radius 3 is 2.44 bits per heavy atom. The Balaban J connectivity index is 1.59. The fraction of sp³-hybridized carbons (Fsp3) is 0.300. The second kappa shape index (κ2) is 14.6. The lowest BCUT2D eigenvalue weighted by atomic mass is 10.1. The van der Waals surface area contributed by atoms with E-state index >= 15 is 0 Å². The molecule has 1 atom stereocenters. The van der Waals surface area contributed by atoms with Gasteiger partial charge in [0.15, 0.2) is 0 Å². The molecule has 0 aliphatic carbocycles. The Kier molecular flexibility index (Phi) is 10.5. The van der Waals surface area contributed by atoms with E-state index in [-0.39, 0.29) is 62.1 Å². The highest BCUT2D eigenvalue weighted by molar-refractivity contribution is 5.97. The number of carbonyl (C=O) groups is 3. The van der Waals surface area contributed by atoms with Crippen LogP contribution < -0.4 is 27.2 Å². The van der Waals surface area contributed by atoms with Crippen molar-refractivity contribution in [2.75, 3.05) is 23.8 Å². The number of benzene rings is 2. The van der Waals surface area contributed by atoms with Crippen LogP contribution in [0, 0.1) is 0 Å². The average molecular weight is 620 g/mol. The zero-order valence-electron chi connectivity index (χ0n) is 24.7. The van der Waals surface area contributed by atoms with Crippen LogP contribution >= 0.6 is 0 Å². The van der Waals surface area contributed by atoms with Gasteiger partial charge in [0.1, 0.15) is 6.04 Å². The molecular formula is C30H33N7O8. The second-order valence-corrected chi connectivity index (χ2v) is 9.88. The van der Waals surface area contributed by atoms with Gasteiger partial charge in [0.25, 0.3) is 11.5 Å². The summed E-state index contributed by atoms with van der Waals surface area (Å²) in [5, 5.41) is 13.3. The van der Waals surface area contributed by atoms with Crippen LogP contribution in [0.15, 0.2) is 58.3 Å². The van der Waals surface area contributed by atoms with Crippen LogP contribution in [-0.4, -0.2) is 62.1 Å². The Labute approximate surface area is 256 Å². The van der Waals surface area contributed by atoms with Crippen LogP contribution in [0.4, 0.5) is 11.6 Å². The maximum Gasteiger partial charge on any atom is 0.328 e. The first-order valence-corrected chi connectivity index (χ1v) is 14.1. The molecule has 6 N–H and O–H groups in total. The second-order valence-electron chi connectivity index (χ2n) is 9.88. The molecule has 45 heavy (non-hydrogen) atoms. The number of aromatic amines is 2. The van der Waals surface area contributed by atoms with Crippen molar-refractivity contribution in [2.45, 2.75) is 45.8 Å². The molecule has 236 valence electrons. The Morgan fingerprint density at radius 1 is 1.02 bits per heavy atom. The number of hydrogen-bond acceptors (Lipinski definition) is 12. The average Bonchev–Trinajstić information content (AvgIpc) is 3.00. The molecule has 0 fully saturated rings. The van der Waals surface area contributed by atoms with Gasteiger partial charge in [0.2, 0.25) is 11.8 Å². The third-order valence-electron chi connectivity index (χ3n) is 6.70. The fourth-order valence-electron chi connectivity index (χ4n) is 4.55. The molecule has 2 heterocycles. The van der Waals surface area contributed by atoms with Gasteiger partial charge < -0.3 is 35.5 Å². The molecule has 0 saturated carbocycles. The molecule has 0 saturated heterocycles. The van der Waals surface area contributed by atoms with Crippen LogP contribution in [0.5, 0.6) is 5.88 Å². The number of nitrogens with zero attached hydrogens (tertiary/aromatic N) is 3. The number of H-pyrrole nitrogens is 2. The summed E-state index contributed by atoms with van der Waals surface area (Å²) in [7, 11) is 0. The molecule has 15 heteroatoms. The Bertz CT molecular complexity index is 1800. The highest BCUT2D eigenvalue weighted by atomic mass is 16.5. The van der Waals surface area contributed by atoms with Gasteiger partial charge >= 0.3 is 17.6 Å². The third kappa shape index (κ3) is 8.43. The summed E-state index contributed by atoms with van der Waals surface area (Å²) in [6.45, 7) is 3.91. The van der Waals surface area contributed by atoms with E-state index in [9.17, 15) is 29.1 Å². The van der Waals surface area contributed by atoms with Crippen molar-refractivity contribution < 1.29 is 29.0 Å². The van der Waals surface area contributed by atoms with Crippen LogP contribution in [0.2, 0.25) is 0 Å². The molecule has 0 unspecified atom stereocenters. The number of amides is 1. The maximum atomic E-state index is 13.1. The van der Waals surface area contributed by atoms with Crippen molar-refractivity contribution in [3.8, 4) is 5.88 Å². The predicted molar refractivity (Wildman–Crippen MR) is 163 cm³/mol.